The highest BCUT2D eigenvalue weighted by Crippen LogP contribution is 2.15. The topological polar surface area (TPSA) is 91.3 Å². The van der Waals surface area contributed by atoms with Crippen LogP contribution in [0.15, 0.2) is 6.20 Å². The summed E-state index contributed by atoms with van der Waals surface area (Å²) in [5.74, 6) is -1.08. The maximum absolute atomic E-state index is 11.2. The van der Waals surface area contributed by atoms with E-state index in [-0.39, 0.29) is 0 Å². The molecule has 0 saturated heterocycles. The van der Waals surface area contributed by atoms with Crippen LogP contribution in [0.1, 0.15) is 11.8 Å². The number of carboxylic acid groups (broad SMARTS) is 1. The fourth-order valence-corrected chi connectivity index (χ4v) is 1.46. The van der Waals surface area contributed by atoms with Crippen molar-refractivity contribution < 1.29 is 14.7 Å². The average Bonchev–Trinajstić information content (AvgIpc) is 2.50. The van der Waals surface area contributed by atoms with Crippen LogP contribution in [0.2, 0.25) is 0 Å². The van der Waals surface area contributed by atoms with Crippen LogP contribution in [0.4, 0.5) is 9.93 Å². The Morgan fingerprint density at radius 2 is 2.27 bits per heavy atom. The SMILES string of the molecule is Cc1cnc(NC(=O)N[C@H](C)C(=O)O)s1. The second-order valence-electron chi connectivity index (χ2n) is 2.93. The number of amides is 2. The van der Waals surface area contributed by atoms with Gasteiger partial charge in [-0.1, -0.05) is 0 Å². The van der Waals surface area contributed by atoms with Crippen LogP contribution in [0, 0.1) is 6.92 Å². The molecule has 0 spiro atoms. The first-order chi connectivity index (χ1) is 6.99. The van der Waals surface area contributed by atoms with Crippen LogP contribution in [0.3, 0.4) is 0 Å². The molecule has 0 aliphatic carbocycles. The zero-order valence-electron chi connectivity index (χ0n) is 8.27. The number of nitrogens with one attached hydrogen (secondary N) is 2. The predicted molar refractivity (Wildman–Crippen MR) is 56.1 cm³/mol. The van der Waals surface area contributed by atoms with Gasteiger partial charge in [0.2, 0.25) is 0 Å². The minimum Gasteiger partial charge on any atom is -0.480 e. The number of hydrogen-bond donors (Lipinski definition) is 3. The third-order valence-electron chi connectivity index (χ3n) is 1.56. The largest absolute Gasteiger partial charge is 0.480 e. The molecule has 1 aromatic heterocycles. The molecule has 3 N–H and O–H groups in total. The van der Waals surface area contributed by atoms with E-state index in [0.717, 1.165) is 4.88 Å². The Morgan fingerprint density at radius 3 is 2.73 bits per heavy atom. The second-order valence-corrected chi connectivity index (χ2v) is 4.17. The van der Waals surface area contributed by atoms with Gasteiger partial charge in [0.05, 0.1) is 0 Å². The molecule has 0 aliphatic rings. The van der Waals surface area contributed by atoms with Gasteiger partial charge in [0, 0.05) is 11.1 Å². The van der Waals surface area contributed by atoms with E-state index in [0.29, 0.717) is 5.13 Å². The number of carbonyl (C=O) groups excluding carboxylic acids is 1. The number of nitrogens with zero attached hydrogens (tertiary/aromatic N) is 1. The minimum atomic E-state index is -1.08. The molecule has 0 fully saturated rings. The Bertz CT molecular complexity index is 377. The fraction of sp³-hybridized carbons (Fsp3) is 0.375. The van der Waals surface area contributed by atoms with Gasteiger partial charge in [-0.15, -0.1) is 11.3 Å². The highest BCUT2D eigenvalue weighted by atomic mass is 32.1. The lowest BCUT2D eigenvalue weighted by Gasteiger charge is -2.08. The molecular weight excluding hydrogens is 218 g/mol. The number of aliphatic carboxylic acids is 1. The van der Waals surface area contributed by atoms with Crippen molar-refractivity contribution in [3.8, 4) is 0 Å². The molecule has 0 aliphatic heterocycles. The van der Waals surface area contributed by atoms with Gasteiger partial charge in [-0.2, -0.15) is 0 Å². The van der Waals surface area contributed by atoms with Crippen LogP contribution in [-0.4, -0.2) is 28.1 Å². The molecule has 1 aromatic rings. The van der Waals surface area contributed by atoms with Crippen molar-refractivity contribution in [2.75, 3.05) is 5.32 Å². The fourth-order valence-electron chi connectivity index (χ4n) is 0.804. The summed E-state index contributed by atoms with van der Waals surface area (Å²) in [5, 5.41) is 13.7. The van der Waals surface area contributed by atoms with Crippen molar-refractivity contribution in [1.82, 2.24) is 10.3 Å². The lowest BCUT2D eigenvalue weighted by molar-refractivity contribution is -0.138. The first kappa shape index (κ1) is 11.4. The molecule has 1 atom stereocenters. The highest BCUT2D eigenvalue weighted by Gasteiger charge is 2.14. The third-order valence-corrected chi connectivity index (χ3v) is 2.39. The Hall–Kier alpha value is -1.63. The van der Waals surface area contributed by atoms with Crippen molar-refractivity contribution in [2.24, 2.45) is 0 Å². The molecule has 0 radical (unpaired) electrons. The van der Waals surface area contributed by atoms with E-state index >= 15 is 0 Å². The number of anilines is 1. The molecule has 6 nitrogen and oxygen atoms in total. The van der Waals surface area contributed by atoms with Gasteiger partial charge in [-0.25, -0.2) is 9.78 Å². The summed E-state index contributed by atoms with van der Waals surface area (Å²) in [5.41, 5.74) is 0. The molecule has 0 bridgehead atoms. The van der Waals surface area contributed by atoms with E-state index in [2.05, 4.69) is 15.6 Å². The summed E-state index contributed by atoms with van der Waals surface area (Å²) in [4.78, 5) is 26.5. The maximum Gasteiger partial charge on any atom is 0.325 e. The van der Waals surface area contributed by atoms with Crippen molar-refractivity contribution in [3.63, 3.8) is 0 Å². The van der Waals surface area contributed by atoms with Gasteiger partial charge in [-0.05, 0) is 13.8 Å². The number of aromatic nitrogens is 1. The smallest absolute Gasteiger partial charge is 0.325 e. The van der Waals surface area contributed by atoms with Crippen LogP contribution in [0.5, 0.6) is 0 Å². The Balaban J connectivity index is 2.46. The Morgan fingerprint density at radius 1 is 1.60 bits per heavy atom. The molecule has 1 rings (SSSR count). The van der Waals surface area contributed by atoms with Gasteiger partial charge in [-0.3, -0.25) is 10.1 Å². The van der Waals surface area contributed by atoms with E-state index in [1.54, 1.807) is 6.20 Å². The first-order valence-electron chi connectivity index (χ1n) is 4.22. The van der Waals surface area contributed by atoms with Crippen molar-refractivity contribution >= 4 is 28.5 Å². The quantitative estimate of drug-likeness (QED) is 0.722. The summed E-state index contributed by atoms with van der Waals surface area (Å²) in [6.45, 7) is 3.25. The maximum atomic E-state index is 11.2. The van der Waals surface area contributed by atoms with E-state index < -0.39 is 18.0 Å². The number of thiazole rings is 1. The summed E-state index contributed by atoms with van der Waals surface area (Å²) in [6, 6.07) is -1.50. The molecule has 1 heterocycles. The molecule has 7 heteroatoms. The van der Waals surface area contributed by atoms with Crippen LogP contribution >= 0.6 is 11.3 Å². The number of carboxylic acids is 1. The summed E-state index contributed by atoms with van der Waals surface area (Å²) in [6.07, 6.45) is 1.63. The van der Waals surface area contributed by atoms with Gasteiger partial charge in [0.25, 0.3) is 0 Å². The molecule has 0 aromatic carbocycles. The minimum absolute atomic E-state index is 0.447. The second kappa shape index (κ2) is 4.74. The van der Waals surface area contributed by atoms with Crippen molar-refractivity contribution in [2.45, 2.75) is 19.9 Å². The summed E-state index contributed by atoms with van der Waals surface area (Å²) in [7, 11) is 0. The number of aryl methyl sites for hydroxylation is 1. The number of urea groups is 1. The van der Waals surface area contributed by atoms with E-state index in [1.165, 1.54) is 18.3 Å². The first-order valence-corrected chi connectivity index (χ1v) is 5.03. The summed E-state index contributed by atoms with van der Waals surface area (Å²) >= 11 is 1.32. The standard InChI is InChI=1S/C8H11N3O3S/c1-4-3-9-8(15-4)11-7(14)10-5(2)6(12)13/h3,5H,1-2H3,(H,12,13)(H2,9,10,11,14)/t5-/m1/s1. The van der Waals surface area contributed by atoms with Crippen molar-refractivity contribution in [3.05, 3.63) is 11.1 Å². The van der Waals surface area contributed by atoms with Crippen LogP contribution < -0.4 is 10.6 Å². The number of rotatable bonds is 3. The van der Waals surface area contributed by atoms with E-state index in [9.17, 15) is 9.59 Å². The lowest BCUT2D eigenvalue weighted by Crippen LogP contribution is -2.40. The monoisotopic (exact) mass is 229 g/mol. The zero-order valence-corrected chi connectivity index (χ0v) is 9.09. The van der Waals surface area contributed by atoms with Crippen molar-refractivity contribution in [1.29, 1.82) is 0 Å². The lowest BCUT2D eigenvalue weighted by atomic mass is 10.3. The number of carbonyl (C=O) groups is 2. The Labute approximate surface area is 90.3 Å². The van der Waals surface area contributed by atoms with E-state index in [1.807, 2.05) is 6.92 Å². The molecular formula is C8H11N3O3S. The summed E-state index contributed by atoms with van der Waals surface area (Å²) < 4.78 is 0. The van der Waals surface area contributed by atoms with Gasteiger partial charge < -0.3 is 10.4 Å². The normalized spacial score (nSPS) is 11.9. The van der Waals surface area contributed by atoms with Crippen LogP contribution in [0.25, 0.3) is 0 Å². The molecule has 15 heavy (non-hydrogen) atoms. The molecule has 2 amide bonds. The van der Waals surface area contributed by atoms with Gasteiger partial charge in [0.15, 0.2) is 5.13 Å². The third kappa shape index (κ3) is 3.55. The highest BCUT2D eigenvalue weighted by molar-refractivity contribution is 7.15. The van der Waals surface area contributed by atoms with Gasteiger partial charge >= 0.3 is 12.0 Å². The predicted octanol–water partition coefficient (Wildman–Crippen LogP) is 1.05. The van der Waals surface area contributed by atoms with E-state index in [4.69, 9.17) is 5.11 Å². The Kier molecular flexibility index (Phi) is 3.62. The molecule has 82 valence electrons. The van der Waals surface area contributed by atoms with Crippen LogP contribution in [-0.2, 0) is 4.79 Å². The molecule has 0 saturated carbocycles. The zero-order chi connectivity index (χ0) is 11.4. The molecule has 0 unspecified atom stereocenters. The average molecular weight is 229 g/mol. The number of hydrogen-bond acceptors (Lipinski definition) is 4. The van der Waals surface area contributed by atoms with Gasteiger partial charge in [0.1, 0.15) is 6.04 Å².